The number of carbonyl (C=O) groups is 2. The Morgan fingerprint density at radius 3 is 2.47 bits per heavy atom. The molecule has 0 bridgehead atoms. The van der Waals surface area contributed by atoms with E-state index in [9.17, 15) is 9.59 Å². The van der Waals surface area contributed by atoms with Crippen molar-refractivity contribution in [3.05, 3.63) is 0 Å². The Hall–Kier alpha value is -0.750. The number of amides is 2. The van der Waals surface area contributed by atoms with Gasteiger partial charge in [0.15, 0.2) is 0 Å². The van der Waals surface area contributed by atoms with Crippen molar-refractivity contribution in [3.8, 4) is 0 Å². The molecule has 1 atom stereocenters. The molecule has 1 aliphatic heterocycles. The van der Waals surface area contributed by atoms with Gasteiger partial charge in [-0.1, -0.05) is 13.8 Å². The molecule has 1 saturated heterocycles. The van der Waals surface area contributed by atoms with Crippen molar-refractivity contribution in [3.63, 3.8) is 0 Å². The number of thioether (sulfide) groups is 1. The highest BCUT2D eigenvalue weighted by Crippen LogP contribution is 2.08. The van der Waals surface area contributed by atoms with Crippen LogP contribution in [0.1, 0.15) is 13.8 Å². The summed E-state index contributed by atoms with van der Waals surface area (Å²) in [6.45, 7) is 5.37. The van der Waals surface area contributed by atoms with Crippen molar-refractivity contribution in [1.82, 2.24) is 10.2 Å². The van der Waals surface area contributed by atoms with Gasteiger partial charge in [-0.15, -0.1) is 0 Å². The van der Waals surface area contributed by atoms with Crippen LogP contribution in [0.25, 0.3) is 0 Å². The van der Waals surface area contributed by atoms with Crippen molar-refractivity contribution >= 4 is 23.6 Å². The minimum absolute atomic E-state index is 0.0189. The summed E-state index contributed by atoms with van der Waals surface area (Å²) in [6.07, 6.45) is 0. The standard InChI is InChI=1S/C11H21N3O2S/c1-8(2)10(12)11(16)13-7-9(15)14-3-5-17-6-4-14/h8,10H,3-7,12H2,1-2H3,(H,13,16)/t10-/m0/s1. The average Bonchev–Trinajstić information content (AvgIpc) is 2.35. The van der Waals surface area contributed by atoms with Gasteiger partial charge in [-0.05, 0) is 5.92 Å². The molecule has 0 unspecified atom stereocenters. The summed E-state index contributed by atoms with van der Waals surface area (Å²) in [6, 6.07) is -0.542. The highest BCUT2D eigenvalue weighted by atomic mass is 32.2. The van der Waals surface area contributed by atoms with Gasteiger partial charge in [0.05, 0.1) is 12.6 Å². The Bertz CT molecular complexity index is 278. The van der Waals surface area contributed by atoms with E-state index >= 15 is 0 Å². The van der Waals surface area contributed by atoms with Crippen molar-refractivity contribution in [2.24, 2.45) is 11.7 Å². The smallest absolute Gasteiger partial charge is 0.242 e. The number of rotatable bonds is 4. The molecule has 5 nitrogen and oxygen atoms in total. The zero-order chi connectivity index (χ0) is 12.8. The summed E-state index contributed by atoms with van der Waals surface area (Å²) in [5.41, 5.74) is 5.68. The molecule has 0 aromatic carbocycles. The average molecular weight is 259 g/mol. The molecule has 1 aliphatic rings. The summed E-state index contributed by atoms with van der Waals surface area (Å²) in [5, 5.41) is 2.60. The molecule has 0 aromatic heterocycles. The normalized spacial score (nSPS) is 18.0. The van der Waals surface area contributed by atoms with Crippen LogP contribution in [-0.2, 0) is 9.59 Å². The molecule has 0 aliphatic carbocycles. The van der Waals surface area contributed by atoms with Gasteiger partial charge in [0.1, 0.15) is 0 Å². The first-order chi connectivity index (χ1) is 8.02. The van der Waals surface area contributed by atoms with Gasteiger partial charge in [-0.3, -0.25) is 9.59 Å². The van der Waals surface area contributed by atoms with Crippen LogP contribution < -0.4 is 11.1 Å². The lowest BCUT2D eigenvalue weighted by molar-refractivity contribution is -0.133. The summed E-state index contributed by atoms with van der Waals surface area (Å²) >= 11 is 1.85. The first-order valence-electron chi connectivity index (χ1n) is 5.91. The molecule has 1 fully saturated rings. The van der Waals surface area contributed by atoms with Crippen molar-refractivity contribution in [2.75, 3.05) is 31.1 Å². The third-order valence-corrected chi connectivity index (χ3v) is 3.74. The summed E-state index contributed by atoms with van der Waals surface area (Å²) < 4.78 is 0. The van der Waals surface area contributed by atoms with Crippen LogP contribution in [0.5, 0.6) is 0 Å². The Balaban J connectivity index is 2.29. The minimum atomic E-state index is -0.542. The third kappa shape index (κ3) is 4.55. The monoisotopic (exact) mass is 259 g/mol. The van der Waals surface area contributed by atoms with Crippen LogP contribution in [-0.4, -0.2) is 53.9 Å². The number of nitrogens with two attached hydrogens (primary N) is 1. The second-order valence-electron chi connectivity index (χ2n) is 4.48. The van der Waals surface area contributed by atoms with Gasteiger partial charge < -0.3 is 16.0 Å². The highest BCUT2D eigenvalue weighted by molar-refractivity contribution is 7.99. The number of nitrogens with zero attached hydrogens (tertiary/aromatic N) is 1. The van der Waals surface area contributed by atoms with Gasteiger partial charge in [0, 0.05) is 24.6 Å². The van der Waals surface area contributed by atoms with Gasteiger partial charge in [-0.25, -0.2) is 0 Å². The van der Waals surface area contributed by atoms with E-state index in [0.29, 0.717) is 0 Å². The van der Waals surface area contributed by atoms with E-state index in [1.165, 1.54) is 0 Å². The predicted octanol–water partition coefficient (Wildman–Crippen LogP) is -0.339. The maximum Gasteiger partial charge on any atom is 0.242 e. The van der Waals surface area contributed by atoms with Crippen LogP contribution >= 0.6 is 11.8 Å². The highest BCUT2D eigenvalue weighted by Gasteiger charge is 2.20. The van der Waals surface area contributed by atoms with Crippen LogP contribution in [0.4, 0.5) is 0 Å². The number of hydrogen-bond acceptors (Lipinski definition) is 4. The topological polar surface area (TPSA) is 75.4 Å². The molecule has 0 aromatic rings. The van der Waals surface area contributed by atoms with E-state index in [2.05, 4.69) is 5.32 Å². The van der Waals surface area contributed by atoms with Gasteiger partial charge in [-0.2, -0.15) is 11.8 Å². The molecule has 2 amide bonds. The zero-order valence-electron chi connectivity index (χ0n) is 10.4. The molecule has 3 N–H and O–H groups in total. The lowest BCUT2D eigenvalue weighted by atomic mass is 10.1. The fourth-order valence-corrected chi connectivity index (χ4v) is 2.41. The first-order valence-corrected chi connectivity index (χ1v) is 7.06. The zero-order valence-corrected chi connectivity index (χ0v) is 11.3. The van der Waals surface area contributed by atoms with Crippen LogP contribution in [0.15, 0.2) is 0 Å². The van der Waals surface area contributed by atoms with Crippen LogP contribution in [0.2, 0.25) is 0 Å². The lowest BCUT2D eigenvalue weighted by Gasteiger charge is -2.26. The van der Waals surface area contributed by atoms with E-state index in [1.54, 1.807) is 4.90 Å². The second kappa shape index (κ2) is 6.86. The van der Waals surface area contributed by atoms with Crippen molar-refractivity contribution in [1.29, 1.82) is 0 Å². The van der Waals surface area contributed by atoms with Gasteiger partial charge in [0.2, 0.25) is 11.8 Å². The lowest BCUT2D eigenvalue weighted by Crippen LogP contribution is -2.49. The Kier molecular flexibility index (Phi) is 5.77. The molecular formula is C11H21N3O2S. The second-order valence-corrected chi connectivity index (χ2v) is 5.71. The van der Waals surface area contributed by atoms with E-state index in [1.807, 2.05) is 25.6 Å². The summed E-state index contributed by atoms with van der Waals surface area (Å²) in [4.78, 5) is 25.1. The van der Waals surface area contributed by atoms with Gasteiger partial charge in [0.25, 0.3) is 0 Å². The molecule has 98 valence electrons. The van der Waals surface area contributed by atoms with Crippen molar-refractivity contribution in [2.45, 2.75) is 19.9 Å². The molecule has 6 heteroatoms. The fraction of sp³-hybridized carbons (Fsp3) is 0.818. The molecule has 1 rings (SSSR count). The van der Waals surface area contributed by atoms with E-state index in [4.69, 9.17) is 5.73 Å². The van der Waals surface area contributed by atoms with E-state index in [-0.39, 0.29) is 24.3 Å². The molecule has 0 radical (unpaired) electrons. The predicted molar refractivity (Wildman–Crippen MR) is 69.7 cm³/mol. The Labute approximate surface area is 106 Å². The van der Waals surface area contributed by atoms with Crippen LogP contribution in [0, 0.1) is 5.92 Å². The summed E-state index contributed by atoms with van der Waals surface area (Å²) in [5.74, 6) is 1.77. The quantitative estimate of drug-likeness (QED) is 0.724. The minimum Gasteiger partial charge on any atom is -0.346 e. The number of carbonyl (C=O) groups excluding carboxylic acids is 2. The molecule has 17 heavy (non-hydrogen) atoms. The fourth-order valence-electron chi connectivity index (χ4n) is 1.51. The van der Waals surface area contributed by atoms with E-state index in [0.717, 1.165) is 24.6 Å². The van der Waals surface area contributed by atoms with Gasteiger partial charge >= 0.3 is 0 Å². The summed E-state index contributed by atoms with van der Waals surface area (Å²) in [7, 11) is 0. The molecule has 0 spiro atoms. The molecule has 0 saturated carbocycles. The maximum atomic E-state index is 11.8. The SMILES string of the molecule is CC(C)[C@H](N)C(=O)NCC(=O)N1CCSCC1. The molecular weight excluding hydrogens is 238 g/mol. The third-order valence-electron chi connectivity index (χ3n) is 2.80. The number of hydrogen-bond donors (Lipinski definition) is 2. The molecule has 1 heterocycles. The van der Waals surface area contributed by atoms with Crippen LogP contribution in [0.3, 0.4) is 0 Å². The first kappa shape index (κ1) is 14.3. The largest absolute Gasteiger partial charge is 0.346 e. The van der Waals surface area contributed by atoms with Crippen molar-refractivity contribution < 1.29 is 9.59 Å². The Morgan fingerprint density at radius 2 is 1.94 bits per heavy atom. The Morgan fingerprint density at radius 1 is 1.35 bits per heavy atom. The van der Waals surface area contributed by atoms with E-state index < -0.39 is 6.04 Å². The maximum absolute atomic E-state index is 11.8. The number of nitrogens with one attached hydrogen (secondary N) is 1.